The first kappa shape index (κ1) is 14.1. The van der Waals surface area contributed by atoms with E-state index in [1.165, 1.54) is 0 Å². The quantitative estimate of drug-likeness (QED) is 0.909. The van der Waals surface area contributed by atoms with Crippen LogP contribution in [0, 0.1) is 13.8 Å². The molecule has 0 aliphatic carbocycles. The highest BCUT2D eigenvalue weighted by atomic mass is 79.9. The van der Waals surface area contributed by atoms with Gasteiger partial charge in [0.25, 0.3) is 0 Å². The molecule has 2 rings (SSSR count). The summed E-state index contributed by atoms with van der Waals surface area (Å²) in [5.41, 5.74) is 9.29. The third kappa shape index (κ3) is 2.82. The number of H-pyrrole nitrogens is 1. The van der Waals surface area contributed by atoms with Crippen molar-refractivity contribution in [1.29, 1.82) is 0 Å². The predicted octanol–water partition coefficient (Wildman–Crippen LogP) is 2.89. The number of nitrogens with two attached hydrogens (primary N) is 1. The first-order valence-corrected chi connectivity index (χ1v) is 6.91. The van der Waals surface area contributed by atoms with Crippen LogP contribution in [0.5, 0.6) is 5.75 Å². The molecule has 102 valence electrons. The molecule has 0 spiro atoms. The van der Waals surface area contributed by atoms with Gasteiger partial charge in [-0.3, -0.25) is 0 Å². The number of halogens is 1. The van der Waals surface area contributed by atoms with E-state index in [2.05, 4.69) is 38.0 Å². The maximum atomic E-state index is 5.91. The average Bonchev–Trinajstić information content (AvgIpc) is 2.76. The van der Waals surface area contributed by atoms with Gasteiger partial charge < -0.3 is 15.5 Å². The predicted molar refractivity (Wildman–Crippen MR) is 79.7 cm³/mol. The van der Waals surface area contributed by atoms with Crippen LogP contribution in [0.4, 0.5) is 0 Å². The molecule has 0 amide bonds. The van der Waals surface area contributed by atoms with Gasteiger partial charge >= 0.3 is 0 Å². The van der Waals surface area contributed by atoms with Crippen LogP contribution in [0.25, 0.3) is 0 Å². The summed E-state index contributed by atoms with van der Waals surface area (Å²) in [6, 6.07) is 4.22. The lowest BCUT2D eigenvalue weighted by molar-refractivity contribution is 0.408. The zero-order valence-corrected chi connectivity index (χ0v) is 12.9. The van der Waals surface area contributed by atoms with E-state index in [-0.39, 0.29) is 5.92 Å². The molecule has 0 aliphatic heterocycles. The van der Waals surface area contributed by atoms with Crippen molar-refractivity contribution in [1.82, 2.24) is 9.97 Å². The smallest absolute Gasteiger partial charge is 0.124 e. The summed E-state index contributed by atoms with van der Waals surface area (Å²) >= 11 is 3.38. The van der Waals surface area contributed by atoms with Crippen molar-refractivity contribution in [3.05, 3.63) is 45.4 Å². The summed E-state index contributed by atoms with van der Waals surface area (Å²) in [4.78, 5) is 7.54. The maximum absolute atomic E-state index is 5.91. The Bertz CT molecular complexity index is 557. The fourth-order valence-corrected chi connectivity index (χ4v) is 2.71. The Labute approximate surface area is 121 Å². The van der Waals surface area contributed by atoms with E-state index in [4.69, 9.17) is 10.5 Å². The molecule has 0 saturated carbocycles. The molecule has 0 saturated heterocycles. The van der Waals surface area contributed by atoms with E-state index in [9.17, 15) is 0 Å². The van der Waals surface area contributed by atoms with Gasteiger partial charge in [0.2, 0.25) is 0 Å². The number of benzene rings is 1. The van der Waals surface area contributed by atoms with Crippen molar-refractivity contribution in [2.24, 2.45) is 5.73 Å². The van der Waals surface area contributed by atoms with Crippen molar-refractivity contribution >= 4 is 15.9 Å². The van der Waals surface area contributed by atoms with Crippen LogP contribution in [0.1, 0.15) is 28.4 Å². The molecule has 1 heterocycles. The molecule has 1 aromatic heterocycles. The molecule has 0 aliphatic rings. The van der Waals surface area contributed by atoms with Crippen LogP contribution in [0.15, 0.2) is 22.9 Å². The van der Waals surface area contributed by atoms with Crippen LogP contribution in [0.3, 0.4) is 0 Å². The van der Waals surface area contributed by atoms with E-state index in [1.54, 1.807) is 13.3 Å². The lowest BCUT2D eigenvalue weighted by atomic mass is 9.94. The van der Waals surface area contributed by atoms with E-state index >= 15 is 0 Å². The van der Waals surface area contributed by atoms with Crippen LogP contribution >= 0.6 is 15.9 Å². The zero-order valence-electron chi connectivity index (χ0n) is 11.3. The number of nitrogens with zero attached hydrogens (tertiary/aromatic N) is 1. The Balaban J connectivity index is 2.44. The first-order valence-electron chi connectivity index (χ1n) is 6.12. The minimum absolute atomic E-state index is 0.0645. The third-order valence-electron chi connectivity index (χ3n) is 3.22. The average molecular weight is 324 g/mol. The number of methoxy groups -OCH3 is 1. The van der Waals surface area contributed by atoms with Gasteiger partial charge in [-0.15, -0.1) is 0 Å². The molecular weight excluding hydrogens is 306 g/mol. The van der Waals surface area contributed by atoms with E-state index in [0.29, 0.717) is 6.54 Å². The summed E-state index contributed by atoms with van der Waals surface area (Å²) in [5, 5.41) is 0. The molecule has 0 bridgehead atoms. The normalized spacial score (nSPS) is 12.5. The van der Waals surface area contributed by atoms with Crippen LogP contribution in [-0.4, -0.2) is 23.6 Å². The Morgan fingerprint density at radius 1 is 1.37 bits per heavy atom. The van der Waals surface area contributed by atoms with Gasteiger partial charge in [-0.2, -0.15) is 0 Å². The van der Waals surface area contributed by atoms with Gasteiger partial charge in [0.05, 0.1) is 19.2 Å². The van der Waals surface area contributed by atoms with Crippen LogP contribution < -0.4 is 10.5 Å². The number of nitrogens with one attached hydrogen (secondary N) is 1. The van der Waals surface area contributed by atoms with Gasteiger partial charge in [-0.1, -0.05) is 12.1 Å². The molecule has 19 heavy (non-hydrogen) atoms. The van der Waals surface area contributed by atoms with Gasteiger partial charge in [0, 0.05) is 6.54 Å². The highest BCUT2D eigenvalue weighted by molar-refractivity contribution is 9.10. The summed E-state index contributed by atoms with van der Waals surface area (Å²) in [6.45, 7) is 4.59. The summed E-state index contributed by atoms with van der Waals surface area (Å²) < 4.78 is 6.26. The van der Waals surface area contributed by atoms with Crippen molar-refractivity contribution < 1.29 is 4.74 Å². The number of aromatic nitrogens is 2. The number of aromatic amines is 1. The number of imidazole rings is 1. The lowest BCUT2D eigenvalue weighted by Crippen LogP contribution is -2.15. The van der Waals surface area contributed by atoms with E-state index in [1.807, 2.05) is 13.8 Å². The zero-order chi connectivity index (χ0) is 14.0. The molecular formula is C14H18BrN3O. The molecule has 1 atom stereocenters. The number of hydrogen-bond donors (Lipinski definition) is 2. The van der Waals surface area contributed by atoms with Crippen molar-refractivity contribution in [2.45, 2.75) is 19.8 Å². The van der Waals surface area contributed by atoms with Crippen LogP contribution in [0.2, 0.25) is 0 Å². The number of ether oxygens (including phenoxy) is 1. The second kappa shape index (κ2) is 5.75. The monoisotopic (exact) mass is 323 g/mol. The molecule has 4 nitrogen and oxygen atoms in total. The fourth-order valence-electron chi connectivity index (χ4n) is 2.40. The SMILES string of the molecule is COc1c(C)cc(C(CN)c2ncc(Br)[nH]2)cc1C. The lowest BCUT2D eigenvalue weighted by Gasteiger charge is -2.17. The summed E-state index contributed by atoms with van der Waals surface area (Å²) in [7, 11) is 1.69. The third-order valence-corrected chi connectivity index (χ3v) is 3.62. The first-order chi connectivity index (χ1) is 9.06. The van der Waals surface area contributed by atoms with Gasteiger partial charge in [-0.05, 0) is 46.5 Å². The molecule has 0 radical (unpaired) electrons. The second-order valence-electron chi connectivity index (χ2n) is 4.59. The molecule has 5 heteroatoms. The minimum atomic E-state index is 0.0645. The number of aryl methyl sites for hydroxylation is 2. The fraction of sp³-hybridized carbons (Fsp3) is 0.357. The standard InChI is InChI=1S/C14H18BrN3O/c1-8-4-10(5-9(2)13(8)19-3)11(6-16)14-17-7-12(15)18-14/h4-5,7,11H,6,16H2,1-3H3,(H,17,18). The Hall–Kier alpha value is -1.33. The maximum Gasteiger partial charge on any atom is 0.124 e. The number of rotatable bonds is 4. The molecule has 2 aromatic rings. The van der Waals surface area contributed by atoms with Crippen LogP contribution in [-0.2, 0) is 0 Å². The Kier molecular flexibility index (Phi) is 4.27. The highest BCUT2D eigenvalue weighted by Crippen LogP contribution is 2.30. The van der Waals surface area contributed by atoms with Crippen molar-refractivity contribution in [3.8, 4) is 5.75 Å². The Morgan fingerprint density at radius 3 is 2.42 bits per heavy atom. The van der Waals surface area contributed by atoms with E-state index < -0.39 is 0 Å². The van der Waals surface area contributed by atoms with Gasteiger partial charge in [0.1, 0.15) is 16.2 Å². The highest BCUT2D eigenvalue weighted by Gasteiger charge is 2.18. The summed E-state index contributed by atoms with van der Waals surface area (Å²) in [5.74, 6) is 1.87. The van der Waals surface area contributed by atoms with Gasteiger partial charge in [0.15, 0.2) is 0 Å². The Morgan fingerprint density at radius 2 is 2.00 bits per heavy atom. The van der Waals surface area contributed by atoms with Crippen molar-refractivity contribution in [2.75, 3.05) is 13.7 Å². The molecule has 0 fully saturated rings. The largest absolute Gasteiger partial charge is 0.496 e. The topological polar surface area (TPSA) is 63.9 Å². The van der Waals surface area contributed by atoms with E-state index in [0.717, 1.165) is 32.9 Å². The molecule has 3 N–H and O–H groups in total. The minimum Gasteiger partial charge on any atom is -0.496 e. The van der Waals surface area contributed by atoms with Gasteiger partial charge in [-0.25, -0.2) is 4.98 Å². The van der Waals surface area contributed by atoms with Crippen molar-refractivity contribution in [3.63, 3.8) is 0 Å². The second-order valence-corrected chi connectivity index (χ2v) is 5.45. The molecule has 1 aromatic carbocycles. The number of hydrogen-bond acceptors (Lipinski definition) is 3. The summed E-state index contributed by atoms with van der Waals surface area (Å²) in [6.07, 6.45) is 1.75. The molecule has 1 unspecified atom stereocenters.